The molecule has 3 unspecified atom stereocenters. The van der Waals surface area contributed by atoms with Crippen LogP contribution in [0.2, 0.25) is 5.02 Å². The zero-order chi connectivity index (χ0) is 22.4. The van der Waals surface area contributed by atoms with Gasteiger partial charge in [-0.25, -0.2) is 9.96 Å². The number of hydroxylamine groups is 1. The van der Waals surface area contributed by atoms with Gasteiger partial charge in [-0.1, -0.05) is 41.9 Å². The summed E-state index contributed by atoms with van der Waals surface area (Å²) in [4.78, 5) is 36.3. The number of fused-ring (bicyclic) bond motifs is 1. The maximum atomic E-state index is 13.6. The number of anilines is 3. The van der Waals surface area contributed by atoms with E-state index in [4.69, 9.17) is 16.4 Å². The van der Waals surface area contributed by atoms with E-state index in [1.807, 2.05) is 73.6 Å². The standard InChI is InChI=1S/C25H22ClN3O3/c1-27(2)18-12-8-16(9-13-18)22-21-23(32-29(22)20-6-4-3-5-7-20)25(31)28(24(21)30)19-14-10-17(26)11-15-19/h3-15,21-23H,1-2H3. The number of para-hydroxylation sites is 1. The monoisotopic (exact) mass is 447 g/mol. The van der Waals surface area contributed by atoms with Crippen LogP contribution in [0.15, 0.2) is 78.9 Å². The van der Waals surface area contributed by atoms with E-state index in [0.717, 1.165) is 16.9 Å². The van der Waals surface area contributed by atoms with Gasteiger partial charge in [-0.2, -0.15) is 0 Å². The van der Waals surface area contributed by atoms with Gasteiger partial charge in [0.25, 0.3) is 5.91 Å². The normalized spacial score (nSPS) is 22.4. The molecule has 32 heavy (non-hydrogen) atoms. The van der Waals surface area contributed by atoms with Gasteiger partial charge in [0.2, 0.25) is 5.91 Å². The molecule has 7 heteroatoms. The summed E-state index contributed by atoms with van der Waals surface area (Å²) in [5.41, 5.74) is 3.25. The second-order valence-corrected chi connectivity index (χ2v) is 8.57. The molecule has 2 amide bonds. The second kappa shape index (κ2) is 7.97. The molecule has 162 valence electrons. The van der Waals surface area contributed by atoms with Crippen molar-refractivity contribution in [1.29, 1.82) is 0 Å². The van der Waals surface area contributed by atoms with Gasteiger partial charge in [0.05, 0.1) is 17.4 Å². The Balaban J connectivity index is 1.56. The Morgan fingerprint density at radius 2 is 1.47 bits per heavy atom. The maximum Gasteiger partial charge on any atom is 0.266 e. The lowest BCUT2D eigenvalue weighted by Crippen LogP contribution is -2.37. The van der Waals surface area contributed by atoms with Gasteiger partial charge in [-0.05, 0) is 54.1 Å². The number of nitrogens with zero attached hydrogens (tertiary/aromatic N) is 3. The molecule has 0 N–H and O–H groups in total. The van der Waals surface area contributed by atoms with Crippen LogP contribution in [-0.2, 0) is 14.4 Å². The fourth-order valence-corrected chi connectivity index (χ4v) is 4.49. The van der Waals surface area contributed by atoms with Gasteiger partial charge in [0.15, 0.2) is 6.10 Å². The first-order valence-electron chi connectivity index (χ1n) is 10.4. The van der Waals surface area contributed by atoms with Crippen molar-refractivity contribution in [3.05, 3.63) is 89.4 Å². The molecular formula is C25H22ClN3O3. The van der Waals surface area contributed by atoms with Crippen LogP contribution >= 0.6 is 11.6 Å². The van der Waals surface area contributed by atoms with E-state index in [1.165, 1.54) is 4.90 Å². The predicted molar refractivity (Wildman–Crippen MR) is 125 cm³/mol. The Labute approximate surface area is 191 Å². The highest BCUT2D eigenvalue weighted by Gasteiger charge is 2.60. The Bertz CT molecular complexity index is 1150. The molecule has 2 heterocycles. The molecule has 0 saturated carbocycles. The number of amides is 2. The highest BCUT2D eigenvalue weighted by atomic mass is 35.5. The summed E-state index contributed by atoms with van der Waals surface area (Å²) in [6.45, 7) is 0. The van der Waals surface area contributed by atoms with Crippen molar-refractivity contribution in [2.45, 2.75) is 12.1 Å². The largest absolute Gasteiger partial charge is 0.378 e. The third kappa shape index (κ3) is 3.32. The molecular weight excluding hydrogens is 426 g/mol. The zero-order valence-corrected chi connectivity index (χ0v) is 18.4. The third-order valence-electron chi connectivity index (χ3n) is 5.96. The van der Waals surface area contributed by atoms with Crippen LogP contribution < -0.4 is 14.9 Å². The fraction of sp³-hybridized carbons (Fsp3) is 0.200. The SMILES string of the molecule is CN(C)c1ccc(C2C3C(=O)N(c4ccc(Cl)cc4)C(=O)C3ON2c2ccccc2)cc1. The van der Waals surface area contributed by atoms with E-state index >= 15 is 0 Å². The van der Waals surface area contributed by atoms with Crippen LogP contribution in [0, 0.1) is 5.92 Å². The minimum absolute atomic E-state index is 0.276. The lowest BCUT2D eigenvalue weighted by Gasteiger charge is -2.29. The summed E-state index contributed by atoms with van der Waals surface area (Å²) in [5.74, 6) is -1.30. The van der Waals surface area contributed by atoms with Gasteiger partial charge in [0, 0.05) is 24.8 Å². The van der Waals surface area contributed by atoms with Gasteiger partial charge in [-0.15, -0.1) is 0 Å². The number of carbonyl (C=O) groups is 2. The van der Waals surface area contributed by atoms with Crippen molar-refractivity contribution < 1.29 is 14.4 Å². The highest BCUT2D eigenvalue weighted by molar-refractivity contribution is 6.31. The Morgan fingerprint density at radius 3 is 2.09 bits per heavy atom. The van der Waals surface area contributed by atoms with Gasteiger partial charge in [0.1, 0.15) is 5.92 Å². The lowest BCUT2D eigenvalue weighted by molar-refractivity contribution is -0.126. The van der Waals surface area contributed by atoms with E-state index < -0.39 is 18.1 Å². The molecule has 2 aliphatic rings. The molecule has 0 aromatic heterocycles. The average molecular weight is 448 g/mol. The van der Waals surface area contributed by atoms with E-state index in [2.05, 4.69) is 0 Å². The van der Waals surface area contributed by atoms with Gasteiger partial charge < -0.3 is 4.90 Å². The van der Waals surface area contributed by atoms with Crippen molar-refractivity contribution in [2.75, 3.05) is 29.0 Å². The number of hydrogen-bond acceptors (Lipinski definition) is 5. The summed E-state index contributed by atoms with van der Waals surface area (Å²) in [7, 11) is 3.95. The molecule has 0 bridgehead atoms. The average Bonchev–Trinajstić information content (AvgIpc) is 3.31. The smallest absolute Gasteiger partial charge is 0.266 e. The van der Waals surface area contributed by atoms with Crippen LogP contribution in [0.4, 0.5) is 17.1 Å². The van der Waals surface area contributed by atoms with Gasteiger partial charge >= 0.3 is 0 Å². The van der Waals surface area contributed by atoms with E-state index in [1.54, 1.807) is 29.3 Å². The number of halogens is 1. The van der Waals surface area contributed by atoms with Gasteiger partial charge in [-0.3, -0.25) is 14.4 Å². The van der Waals surface area contributed by atoms with Crippen molar-refractivity contribution in [2.24, 2.45) is 5.92 Å². The quantitative estimate of drug-likeness (QED) is 0.553. The molecule has 2 saturated heterocycles. The number of benzene rings is 3. The number of rotatable bonds is 4. The predicted octanol–water partition coefficient (Wildman–Crippen LogP) is 4.46. The molecule has 3 aromatic rings. The number of imide groups is 1. The summed E-state index contributed by atoms with van der Waals surface area (Å²) >= 11 is 5.99. The zero-order valence-electron chi connectivity index (χ0n) is 17.7. The molecule has 3 aromatic carbocycles. The first kappa shape index (κ1) is 20.5. The van der Waals surface area contributed by atoms with Crippen LogP contribution in [0.5, 0.6) is 0 Å². The van der Waals surface area contributed by atoms with E-state index in [-0.39, 0.29) is 11.8 Å². The Hall–Kier alpha value is -3.35. The fourth-order valence-electron chi connectivity index (χ4n) is 4.37. The Kier molecular flexibility index (Phi) is 5.12. The minimum atomic E-state index is -0.892. The summed E-state index contributed by atoms with van der Waals surface area (Å²) in [5, 5.41) is 2.24. The van der Waals surface area contributed by atoms with Crippen molar-refractivity contribution in [3.63, 3.8) is 0 Å². The molecule has 0 aliphatic carbocycles. The third-order valence-corrected chi connectivity index (χ3v) is 6.21. The number of hydrogen-bond donors (Lipinski definition) is 0. The van der Waals surface area contributed by atoms with E-state index in [9.17, 15) is 9.59 Å². The van der Waals surface area contributed by atoms with Crippen LogP contribution in [0.25, 0.3) is 0 Å². The molecule has 0 spiro atoms. The lowest BCUT2D eigenvalue weighted by atomic mass is 9.90. The van der Waals surface area contributed by atoms with Crippen LogP contribution in [-0.4, -0.2) is 32.0 Å². The Morgan fingerprint density at radius 1 is 0.812 bits per heavy atom. The van der Waals surface area contributed by atoms with E-state index in [0.29, 0.717) is 10.7 Å². The summed E-state index contributed by atoms with van der Waals surface area (Å²) < 4.78 is 0. The number of carbonyl (C=O) groups excluding carboxylic acids is 2. The highest BCUT2D eigenvalue weighted by Crippen LogP contribution is 2.47. The second-order valence-electron chi connectivity index (χ2n) is 8.13. The molecule has 0 radical (unpaired) electrons. The van der Waals surface area contributed by atoms with Crippen molar-refractivity contribution in [3.8, 4) is 0 Å². The molecule has 2 fully saturated rings. The van der Waals surface area contributed by atoms with Crippen LogP contribution in [0.3, 0.4) is 0 Å². The maximum absolute atomic E-state index is 13.6. The molecule has 2 aliphatic heterocycles. The first-order valence-corrected chi connectivity index (χ1v) is 10.8. The van der Waals surface area contributed by atoms with Crippen molar-refractivity contribution >= 4 is 40.5 Å². The molecule has 6 nitrogen and oxygen atoms in total. The minimum Gasteiger partial charge on any atom is -0.378 e. The van der Waals surface area contributed by atoms with Crippen molar-refractivity contribution in [1.82, 2.24) is 0 Å². The molecule has 3 atom stereocenters. The summed E-state index contributed by atoms with van der Waals surface area (Å²) in [6.07, 6.45) is -0.892. The first-order chi connectivity index (χ1) is 15.5. The summed E-state index contributed by atoms with van der Waals surface area (Å²) in [6, 6.07) is 23.8. The molecule has 5 rings (SSSR count). The topological polar surface area (TPSA) is 53.1 Å². The van der Waals surface area contributed by atoms with Crippen LogP contribution in [0.1, 0.15) is 11.6 Å².